The average molecular weight is 360 g/mol. The van der Waals surface area contributed by atoms with Crippen LogP contribution in [0.5, 0.6) is 0 Å². The first-order chi connectivity index (χ1) is 12.7. The normalized spacial score (nSPS) is 10.7. The lowest BCUT2D eigenvalue weighted by Crippen LogP contribution is -2.03. The van der Waals surface area contributed by atoms with E-state index in [4.69, 9.17) is 11.6 Å². The summed E-state index contributed by atoms with van der Waals surface area (Å²) in [5.74, 6) is -0.0477. The average Bonchev–Trinajstić information content (AvgIpc) is 3.18. The van der Waals surface area contributed by atoms with Crippen LogP contribution in [0.15, 0.2) is 85.1 Å². The Kier molecular flexibility index (Phi) is 4.33. The number of carbonyl (C=O) groups is 1. The molecular weight excluding hydrogens is 346 g/mol. The lowest BCUT2D eigenvalue weighted by atomic mass is 9.97. The van der Waals surface area contributed by atoms with Crippen LogP contribution in [0.3, 0.4) is 0 Å². The van der Waals surface area contributed by atoms with Crippen molar-refractivity contribution in [2.75, 3.05) is 0 Å². The first-order valence-electron chi connectivity index (χ1n) is 8.10. The highest BCUT2D eigenvalue weighted by molar-refractivity contribution is 6.32. The molecule has 0 aliphatic heterocycles. The maximum Gasteiger partial charge on any atom is 0.193 e. The summed E-state index contributed by atoms with van der Waals surface area (Å²) in [6, 6.07) is 24.0. The van der Waals surface area contributed by atoms with E-state index in [1.165, 1.54) is 0 Å². The number of carbonyl (C=O) groups excluding carboxylic acids is 1. The molecule has 126 valence electrons. The van der Waals surface area contributed by atoms with Crippen molar-refractivity contribution in [2.45, 2.75) is 0 Å². The zero-order valence-corrected chi connectivity index (χ0v) is 14.5. The Morgan fingerprint density at radius 3 is 2.35 bits per heavy atom. The van der Waals surface area contributed by atoms with Gasteiger partial charge in [0.15, 0.2) is 5.78 Å². The highest BCUT2D eigenvalue weighted by Gasteiger charge is 2.17. The van der Waals surface area contributed by atoms with Crippen molar-refractivity contribution in [3.8, 4) is 16.9 Å². The Balaban J connectivity index is 1.76. The van der Waals surface area contributed by atoms with Crippen LogP contribution in [0.2, 0.25) is 5.02 Å². The maximum atomic E-state index is 12.9. The molecule has 0 unspecified atom stereocenters. The lowest BCUT2D eigenvalue weighted by molar-refractivity contribution is 0.103. The number of para-hydroxylation sites is 1. The third-order valence-corrected chi connectivity index (χ3v) is 4.40. The van der Waals surface area contributed by atoms with Crippen LogP contribution < -0.4 is 0 Å². The van der Waals surface area contributed by atoms with Gasteiger partial charge in [-0.2, -0.15) is 0 Å². The van der Waals surface area contributed by atoms with Gasteiger partial charge < -0.3 is 0 Å². The quantitative estimate of drug-likeness (QED) is 0.491. The van der Waals surface area contributed by atoms with Crippen LogP contribution >= 0.6 is 11.6 Å². The third kappa shape index (κ3) is 3.03. The summed E-state index contributed by atoms with van der Waals surface area (Å²) < 4.78 is 1.61. The molecule has 1 heterocycles. The molecule has 4 nitrogen and oxygen atoms in total. The van der Waals surface area contributed by atoms with Gasteiger partial charge in [0.2, 0.25) is 0 Å². The molecule has 0 aliphatic carbocycles. The minimum Gasteiger partial charge on any atom is -0.289 e. The van der Waals surface area contributed by atoms with Crippen molar-refractivity contribution in [1.82, 2.24) is 15.0 Å². The number of nitrogens with zero attached hydrogens (tertiary/aromatic N) is 3. The SMILES string of the molecule is O=C(c1ccccc1)c1ccccc1-c1cn(-c2ccccc2Cl)nn1. The highest BCUT2D eigenvalue weighted by Crippen LogP contribution is 2.26. The highest BCUT2D eigenvalue weighted by atomic mass is 35.5. The molecule has 0 N–H and O–H groups in total. The van der Waals surface area contributed by atoms with Crippen molar-refractivity contribution in [3.05, 3.63) is 101 Å². The summed E-state index contributed by atoms with van der Waals surface area (Å²) in [7, 11) is 0. The summed E-state index contributed by atoms with van der Waals surface area (Å²) in [4.78, 5) is 12.9. The predicted octanol–water partition coefficient (Wildman–Crippen LogP) is 4.82. The molecule has 5 heteroatoms. The van der Waals surface area contributed by atoms with Gasteiger partial charge in [-0.15, -0.1) is 5.10 Å². The fraction of sp³-hybridized carbons (Fsp3) is 0. The summed E-state index contributed by atoms with van der Waals surface area (Å²) in [6.45, 7) is 0. The summed E-state index contributed by atoms with van der Waals surface area (Å²) in [5, 5.41) is 8.99. The van der Waals surface area contributed by atoms with Crippen LogP contribution in [0.4, 0.5) is 0 Å². The van der Waals surface area contributed by atoms with E-state index >= 15 is 0 Å². The van der Waals surface area contributed by atoms with Gasteiger partial charge in [0.1, 0.15) is 5.69 Å². The Labute approximate surface area is 155 Å². The summed E-state index contributed by atoms with van der Waals surface area (Å²) >= 11 is 6.23. The van der Waals surface area contributed by atoms with E-state index in [9.17, 15) is 4.79 Å². The van der Waals surface area contributed by atoms with Gasteiger partial charge in [0.05, 0.1) is 16.9 Å². The molecule has 0 aliphatic rings. The molecule has 26 heavy (non-hydrogen) atoms. The Morgan fingerprint density at radius 1 is 0.846 bits per heavy atom. The van der Waals surface area contributed by atoms with Gasteiger partial charge in [-0.25, -0.2) is 4.68 Å². The second-order valence-electron chi connectivity index (χ2n) is 5.74. The van der Waals surface area contributed by atoms with Crippen LogP contribution in [0.25, 0.3) is 16.9 Å². The largest absolute Gasteiger partial charge is 0.289 e. The lowest BCUT2D eigenvalue weighted by Gasteiger charge is -2.06. The van der Waals surface area contributed by atoms with E-state index in [2.05, 4.69) is 10.3 Å². The summed E-state index contributed by atoms with van der Waals surface area (Å²) in [5.41, 5.74) is 3.31. The van der Waals surface area contributed by atoms with E-state index in [0.29, 0.717) is 21.8 Å². The van der Waals surface area contributed by atoms with Crippen LogP contribution in [-0.2, 0) is 0 Å². The number of hydrogen-bond acceptors (Lipinski definition) is 3. The monoisotopic (exact) mass is 359 g/mol. The molecule has 0 radical (unpaired) electrons. The maximum absolute atomic E-state index is 12.9. The fourth-order valence-corrected chi connectivity index (χ4v) is 3.01. The van der Waals surface area contributed by atoms with E-state index in [1.54, 1.807) is 35.1 Å². The minimum absolute atomic E-state index is 0.0477. The molecule has 0 atom stereocenters. The minimum atomic E-state index is -0.0477. The molecular formula is C21H14ClN3O. The Hall–Kier alpha value is -3.24. The zero-order valence-electron chi connectivity index (χ0n) is 13.7. The van der Waals surface area contributed by atoms with Gasteiger partial charge in [0, 0.05) is 16.7 Å². The number of ketones is 1. The van der Waals surface area contributed by atoms with Gasteiger partial charge >= 0.3 is 0 Å². The van der Waals surface area contributed by atoms with Crippen molar-refractivity contribution in [3.63, 3.8) is 0 Å². The van der Waals surface area contributed by atoms with Crippen molar-refractivity contribution >= 4 is 17.4 Å². The third-order valence-electron chi connectivity index (χ3n) is 4.08. The van der Waals surface area contributed by atoms with E-state index < -0.39 is 0 Å². The number of aromatic nitrogens is 3. The molecule has 0 bridgehead atoms. The van der Waals surface area contributed by atoms with Crippen LogP contribution in [0.1, 0.15) is 15.9 Å². The molecule has 3 aromatic carbocycles. The molecule has 0 saturated carbocycles. The van der Waals surface area contributed by atoms with E-state index in [0.717, 1.165) is 11.3 Å². The Bertz CT molecular complexity index is 1070. The van der Waals surface area contributed by atoms with Crippen LogP contribution in [-0.4, -0.2) is 20.8 Å². The van der Waals surface area contributed by atoms with Gasteiger partial charge in [0.25, 0.3) is 0 Å². The number of rotatable bonds is 4. The number of benzene rings is 3. The molecule has 4 aromatic rings. The second kappa shape index (κ2) is 6.94. The fourth-order valence-electron chi connectivity index (χ4n) is 2.79. The smallest absolute Gasteiger partial charge is 0.193 e. The summed E-state index contributed by atoms with van der Waals surface area (Å²) in [6.07, 6.45) is 1.78. The topological polar surface area (TPSA) is 47.8 Å². The number of hydrogen-bond donors (Lipinski definition) is 0. The van der Waals surface area contributed by atoms with Gasteiger partial charge in [-0.3, -0.25) is 4.79 Å². The first kappa shape index (κ1) is 16.2. The Morgan fingerprint density at radius 2 is 1.54 bits per heavy atom. The molecule has 0 saturated heterocycles. The van der Waals surface area contributed by atoms with Crippen molar-refractivity contribution < 1.29 is 4.79 Å². The molecule has 1 aromatic heterocycles. The molecule has 4 rings (SSSR count). The molecule has 0 amide bonds. The van der Waals surface area contributed by atoms with Crippen molar-refractivity contribution in [1.29, 1.82) is 0 Å². The number of halogens is 1. The molecule has 0 spiro atoms. The van der Waals surface area contributed by atoms with E-state index in [1.807, 2.05) is 54.6 Å². The zero-order chi connectivity index (χ0) is 17.9. The van der Waals surface area contributed by atoms with E-state index in [-0.39, 0.29) is 5.78 Å². The van der Waals surface area contributed by atoms with Crippen LogP contribution in [0, 0.1) is 0 Å². The second-order valence-corrected chi connectivity index (χ2v) is 6.15. The standard InChI is InChI=1S/C21H14ClN3O/c22-18-12-6-7-13-20(18)25-14-19(23-24-25)16-10-4-5-11-17(16)21(26)15-8-2-1-3-9-15/h1-14H. The van der Waals surface area contributed by atoms with Gasteiger partial charge in [-0.1, -0.05) is 83.5 Å². The molecule has 0 fully saturated rings. The van der Waals surface area contributed by atoms with Crippen molar-refractivity contribution in [2.24, 2.45) is 0 Å². The van der Waals surface area contributed by atoms with Gasteiger partial charge in [-0.05, 0) is 12.1 Å². The predicted molar refractivity (Wildman–Crippen MR) is 102 cm³/mol. The first-order valence-corrected chi connectivity index (χ1v) is 8.48.